The van der Waals surface area contributed by atoms with Gasteiger partial charge < -0.3 is 25.3 Å². The van der Waals surface area contributed by atoms with Gasteiger partial charge in [0.15, 0.2) is 0 Å². The van der Waals surface area contributed by atoms with Crippen LogP contribution >= 0.6 is 0 Å². The number of sulfonamides is 1. The Kier molecular flexibility index (Phi) is 7.03. The van der Waals surface area contributed by atoms with Gasteiger partial charge in [-0.3, -0.25) is 9.10 Å². The smallest absolute Gasteiger partial charge is 0.261 e. The van der Waals surface area contributed by atoms with Crippen LogP contribution in [0.5, 0.6) is 0 Å². The van der Waals surface area contributed by atoms with E-state index in [2.05, 4.69) is 30.5 Å². The number of nitrogens with zero attached hydrogens (tertiary/aromatic N) is 4. The minimum Gasteiger partial charge on any atom is -0.378 e. The van der Waals surface area contributed by atoms with E-state index in [0.29, 0.717) is 61.0 Å². The van der Waals surface area contributed by atoms with Gasteiger partial charge in [0.05, 0.1) is 29.7 Å². The molecule has 2 aromatic heterocycles. The molecule has 0 unspecified atom stereocenters. The van der Waals surface area contributed by atoms with Crippen molar-refractivity contribution >= 4 is 49.8 Å². The first kappa shape index (κ1) is 26.1. The molecule has 0 spiro atoms. The molecule has 1 aliphatic heterocycles. The highest BCUT2D eigenvalue weighted by atomic mass is 32.2. The van der Waals surface area contributed by atoms with Crippen LogP contribution in [-0.2, 0) is 21.3 Å². The number of nitrogens with one attached hydrogen (secondary N) is 3. The van der Waals surface area contributed by atoms with Crippen LogP contribution in [-0.4, -0.2) is 62.0 Å². The average molecular weight is 562 g/mol. The van der Waals surface area contributed by atoms with Crippen molar-refractivity contribution < 1.29 is 13.2 Å². The molecule has 11 nitrogen and oxygen atoms in total. The highest BCUT2D eigenvalue weighted by Crippen LogP contribution is 2.34. The quantitative estimate of drug-likeness (QED) is 0.281. The molecule has 1 aliphatic carbocycles. The van der Waals surface area contributed by atoms with Crippen molar-refractivity contribution in [2.24, 2.45) is 0 Å². The van der Waals surface area contributed by atoms with Gasteiger partial charge in [-0.25, -0.2) is 13.4 Å². The maximum absolute atomic E-state index is 12.9. The zero-order chi connectivity index (χ0) is 27.7. The second-order valence-corrected chi connectivity index (χ2v) is 12.2. The van der Waals surface area contributed by atoms with E-state index in [1.807, 2.05) is 42.5 Å². The van der Waals surface area contributed by atoms with E-state index in [-0.39, 0.29) is 10.8 Å². The molecular weight excluding hydrogens is 530 g/mol. The Morgan fingerprint density at radius 3 is 2.55 bits per heavy atom. The average Bonchev–Trinajstić information content (AvgIpc) is 3.83. The van der Waals surface area contributed by atoms with Crippen LogP contribution in [0.15, 0.2) is 65.6 Å². The fourth-order valence-corrected chi connectivity index (χ4v) is 6.47. The molecule has 208 valence electrons. The number of aromatic amines is 1. The third kappa shape index (κ3) is 5.32. The minimum atomic E-state index is -3.39. The molecule has 1 saturated heterocycles. The van der Waals surface area contributed by atoms with Crippen molar-refractivity contribution in [3.63, 3.8) is 0 Å². The van der Waals surface area contributed by atoms with E-state index in [0.717, 1.165) is 30.0 Å². The lowest BCUT2D eigenvalue weighted by atomic mass is 10.2. The number of pyridine rings is 1. The molecule has 3 N–H and O–H groups in total. The summed E-state index contributed by atoms with van der Waals surface area (Å²) in [6.07, 6.45) is 2.95. The largest absolute Gasteiger partial charge is 0.378 e. The number of hydrogen-bond acceptors (Lipinski definition) is 9. The van der Waals surface area contributed by atoms with Crippen molar-refractivity contribution in [2.45, 2.75) is 24.6 Å². The van der Waals surface area contributed by atoms with E-state index >= 15 is 0 Å². The molecule has 2 aliphatic rings. The normalized spacial score (nSPS) is 15.7. The standard InChI is InChI=1S/C28H31N7O4S/c1-34(40(37,38)22-10-11-22)24-5-3-2-4-19(24)18-30-28-32-23-12-13-29-27(36)25(23)26(33-28)31-20-6-8-21(9-7-20)35-14-16-39-17-15-35/h2-9,12-13,22H,10-11,14-18H2,1H3,(H,29,36)(H2,30,31,32,33). The van der Waals surface area contributed by atoms with Crippen LogP contribution in [0, 0.1) is 0 Å². The van der Waals surface area contributed by atoms with E-state index in [1.165, 1.54) is 4.31 Å². The fraction of sp³-hybridized carbons (Fsp3) is 0.321. The lowest BCUT2D eigenvalue weighted by Gasteiger charge is -2.28. The molecule has 2 fully saturated rings. The lowest BCUT2D eigenvalue weighted by Crippen LogP contribution is -2.36. The van der Waals surface area contributed by atoms with Crippen molar-refractivity contribution in [3.8, 4) is 0 Å². The number of H-pyrrole nitrogens is 1. The maximum atomic E-state index is 12.9. The molecule has 40 heavy (non-hydrogen) atoms. The van der Waals surface area contributed by atoms with Gasteiger partial charge >= 0.3 is 0 Å². The highest BCUT2D eigenvalue weighted by molar-refractivity contribution is 7.93. The van der Waals surface area contributed by atoms with E-state index < -0.39 is 10.0 Å². The molecule has 0 bridgehead atoms. The molecule has 0 atom stereocenters. The van der Waals surface area contributed by atoms with Gasteiger partial charge in [0, 0.05) is 44.3 Å². The summed E-state index contributed by atoms with van der Waals surface area (Å²) in [6.45, 7) is 3.41. The monoisotopic (exact) mass is 561 g/mol. The first-order chi connectivity index (χ1) is 19.4. The molecular formula is C28H31N7O4S. The highest BCUT2D eigenvalue weighted by Gasteiger charge is 2.39. The number of rotatable bonds is 9. The van der Waals surface area contributed by atoms with E-state index in [1.54, 1.807) is 25.4 Å². The van der Waals surface area contributed by atoms with Gasteiger partial charge in [0.2, 0.25) is 16.0 Å². The van der Waals surface area contributed by atoms with Gasteiger partial charge in [-0.1, -0.05) is 18.2 Å². The van der Waals surface area contributed by atoms with Gasteiger partial charge in [-0.05, 0) is 54.8 Å². The number of para-hydroxylation sites is 1. The zero-order valence-electron chi connectivity index (χ0n) is 22.1. The first-order valence-corrected chi connectivity index (χ1v) is 14.8. The van der Waals surface area contributed by atoms with Gasteiger partial charge in [-0.15, -0.1) is 0 Å². The summed E-state index contributed by atoms with van der Waals surface area (Å²) in [5.41, 5.74) is 3.47. The van der Waals surface area contributed by atoms with Gasteiger partial charge in [-0.2, -0.15) is 4.98 Å². The van der Waals surface area contributed by atoms with Crippen molar-refractivity contribution in [2.75, 3.05) is 53.2 Å². The second-order valence-electron chi connectivity index (χ2n) is 9.93. The summed E-state index contributed by atoms with van der Waals surface area (Å²) in [5, 5.41) is 6.55. The number of aromatic nitrogens is 3. The molecule has 1 saturated carbocycles. The summed E-state index contributed by atoms with van der Waals surface area (Å²) in [6, 6.07) is 17.1. The number of fused-ring (bicyclic) bond motifs is 1. The van der Waals surface area contributed by atoms with Crippen LogP contribution in [0.1, 0.15) is 18.4 Å². The Labute approximate surface area is 232 Å². The Hall–Kier alpha value is -4.16. The fourth-order valence-electron chi connectivity index (χ4n) is 4.84. The topological polar surface area (TPSA) is 133 Å². The molecule has 0 amide bonds. The predicted molar refractivity (Wildman–Crippen MR) is 157 cm³/mol. The van der Waals surface area contributed by atoms with Crippen LogP contribution in [0.25, 0.3) is 10.9 Å². The number of hydrogen-bond donors (Lipinski definition) is 3. The van der Waals surface area contributed by atoms with Gasteiger partial charge in [0.25, 0.3) is 5.56 Å². The maximum Gasteiger partial charge on any atom is 0.261 e. The van der Waals surface area contributed by atoms with Crippen LogP contribution in [0.4, 0.5) is 28.8 Å². The first-order valence-electron chi connectivity index (χ1n) is 13.3. The van der Waals surface area contributed by atoms with Gasteiger partial charge in [0.1, 0.15) is 11.2 Å². The molecule has 4 aromatic rings. The summed E-state index contributed by atoms with van der Waals surface area (Å²) in [7, 11) is -1.80. The summed E-state index contributed by atoms with van der Waals surface area (Å²) < 4.78 is 32.5. The predicted octanol–water partition coefficient (Wildman–Crippen LogP) is 3.44. The SMILES string of the molecule is CN(c1ccccc1CNc1nc(Nc2ccc(N3CCOCC3)cc2)c2c(=O)[nH]ccc2n1)S(=O)(=O)C1CC1. The summed E-state index contributed by atoms with van der Waals surface area (Å²) >= 11 is 0. The molecule has 3 heterocycles. The second kappa shape index (κ2) is 10.8. The lowest BCUT2D eigenvalue weighted by molar-refractivity contribution is 0.122. The third-order valence-electron chi connectivity index (χ3n) is 7.22. The number of anilines is 5. The van der Waals surface area contributed by atoms with Crippen LogP contribution < -0.4 is 25.4 Å². The number of benzene rings is 2. The zero-order valence-corrected chi connectivity index (χ0v) is 22.9. The molecule has 12 heteroatoms. The Morgan fingerprint density at radius 2 is 1.80 bits per heavy atom. The Bertz CT molecular complexity index is 1680. The summed E-state index contributed by atoms with van der Waals surface area (Å²) in [4.78, 5) is 26.9. The van der Waals surface area contributed by atoms with Crippen LogP contribution in [0.2, 0.25) is 0 Å². The molecule has 6 rings (SSSR count). The van der Waals surface area contributed by atoms with Crippen molar-refractivity contribution in [3.05, 3.63) is 76.7 Å². The molecule has 2 aromatic carbocycles. The summed E-state index contributed by atoms with van der Waals surface area (Å²) in [5.74, 6) is 0.684. The molecule has 0 radical (unpaired) electrons. The Morgan fingerprint density at radius 1 is 1.05 bits per heavy atom. The Balaban J connectivity index is 1.26. The third-order valence-corrected chi connectivity index (χ3v) is 9.50. The van der Waals surface area contributed by atoms with Crippen molar-refractivity contribution in [1.29, 1.82) is 0 Å². The number of morpholine rings is 1. The van der Waals surface area contributed by atoms with E-state index in [9.17, 15) is 13.2 Å². The van der Waals surface area contributed by atoms with Crippen molar-refractivity contribution in [1.82, 2.24) is 15.0 Å². The number of ether oxygens (including phenoxy) is 1. The minimum absolute atomic E-state index is 0.295. The van der Waals surface area contributed by atoms with E-state index in [4.69, 9.17) is 4.74 Å². The van der Waals surface area contributed by atoms with Crippen LogP contribution in [0.3, 0.4) is 0 Å².